The maximum Gasteiger partial charge on any atom is 0.139 e. The van der Waals surface area contributed by atoms with Gasteiger partial charge in [0.05, 0.1) is 22.1 Å². The second-order valence-corrected chi connectivity index (χ2v) is 4.52. The molecule has 0 bridgehead atoms. The molecule has 0 aliphatic rings. The monoisotopic (exact) mass is 281 g/mol. The van der Waals surface area contributed by atoms with E-state index in [2.05, 4.69) is 26.0 Å². The summed E-state index contributed by atoms with van der Waals surface area (Å²) in [4.78, 5) is 4.20. The van der Waals surface area contributed by atoms with Crippen LogP contribution in [-0.4, -0.2) is 19.9 Å². The highest BCUT2D eigenvalue weighted by molar-refractivity contribution is 9.10. The summed E-state index contributed by atoms with van der Waals surface area (Å²) < 4.78 is 2.42. The fraction of sp³-hybridized carbons (Fsp3) is 0.273. The van der Waals surface area contributed by atoms with E-state index >= 15 is 0 Å². The summed E-state index contributed by atoms with van der Waals surface area (Å²) in [6.07, 6.45) is 2.64. The van der Waals surface area contributed by atoms with Crippen LogP contribution in [0.3, 0.4) is 0 Å². The maximum absolute atomic E-state index is 10.2. The first-order valence-corrected chi connectivity index (χ1v) is 5.67. The van der Waals surface area contributed by atoms with Crippen LogP contribution in [0.5, 0.6) is 0 Å². The molecule has 2 aromatic heterocycles. The Labute approximate surface area is 102 Å². The van der Waals surface area contributed by atoms with E-state index in [-0.39, 0.29) is 0 Å². The first kappa shape index (κ1) is 11.3. The van der Waals surface area contributed by atoms with Crippen molar-refractivity contribution in [2.24, 2.45) is 7.05 Å². The van der Waals surface area contributed by atoms with Crippen molar-refractivity contribution in [1.29, 1.82) is 0 Å². The SMILES string of the molecule is Cc1ccc(C(O)c2c(Br)cnn2C)nc1. The van der Waals surface area contributed by atoms with E-state index in [9.17, 15) is 5.11 Å². The zero-order chi connectivity index (χ0) is 11.7. The highest BCUT2D eigenvalue weighted by Gasteiger charge is 2.18. The summed E-state index contributed by atoms with van der Waals surface area (Å²) in [6, 6.07) is 3.75. The van der Waals surface area contributed by atoms with Crippen LogP contribution < -0.4 is 0 Å². The zero-order valence-corrected chi connectivity index (χ0v) is 10.6. The number of hydrogen-bond acceptors (Lipinski definition) is 3. The number of hydrogen-bond donors (Lipinski definition) is 1. The van der Waals surface area contributed by atoms with Crippen LogP contribution in [-0.2, 0) is 7.05 Å². The number of aromatic nitrogens is 3. The van der Waals surface area contributed by atoms with E-state index in [1.165, 1.54) is 0 Å². The van der Waals surface area contributed by atoms with Crippen molar-refractivity contribution in [1.82, 2.24) is 14.8 Å². The van der Waals surface area contributed by atoms with Crippen molar-refractivity contribution in [3.8, 4) is 0 Å². The third-order valence-electron chi connectivity index (χ3n) is 2.41. The first-order valence-electron chi connectivity index (χ1n) is 4.87. The quantitative estimate of drug-likeness (QED) is 0.916. The fourth-order valence-electron chi connectivity index (χ4n) is 1.51. The van der Waals surface area contributed by atoms with Crippen LogP contribution >= 0.6 is 15.9 Å². The Kier molecular flexibility index (Phi) is 3.07. The number of halogens is 1. The maximum atomic E-state index is 10.2. The molecule has 0 aliphatic carbocycles. The summed E-state index contributed by atoms with van der Waals surface area (Å²) in [5.74, 6) is 0. The Balaban J connectivity index is 2.39. The standard InChI is InChI=1S/C11H12BrN3O/c1-7-3-4-9(13-5-7)11(16)10-8(12)6-14-15(10)2/h3-6,11,16H,1-2H3. The second-order valence-electron chi connectivity index (χ2n) is 3.66. The predicted molar refractivity (Wildman–Crippen MR) is 63.9 cm³/mol. The Morgan fingerprint density at radius 2 is 2.12 bits per heavy atom. The minimum absolute atomic E-state index is 0.620. The van der Waals surface area contributed by atoms with Crippen LogP contribution in [0, 0.1) is 6.92 Å². The van der Waals surface area contributed by atoms with E-state index in [1.807, 2.05) is 19.1 Å². The molecule has 0 saturated heterocycles. The molecule has 2 heterocycles. The molecule has 16 heavy (non-hydrogen) atoms. The van der Waals surface area contributed by atoms with Gasteiger partial charge in [-0.3, -0.25) is 9.67 Å². The number of nitrogens with zero attached hydrogens (tertiary/aromatic N) is 3. The number of pyridine rings is 1. The Bertz CT molecular complexity index is 473. The molecule has 1 N–H and O–H groups in total. The average molecular weight is 282 g/mol. The Morgan fingerprint density at radius 1 is 1.38 bits per heavy atom. The van der Waals surface area contributed by atoms with Gasteiger partial charge in [0.2, 0.25) is 0 Å². The molecular formula is C11H12BrN3O. The molecular weight excluding hydrogens is 270 g/mol. The molecule has 5 heteroatoms. The predicted octanol–water partition coefficient (Wildman–Crippen LogP) is 1.97. The first-order chi connectivity index (χ1) is 7.59. The molecule has 0 radical (unpaired) electrons. The summed E-state index contributed by atoms with van der Waals surface area (Å²) in [5, 5.41) is 14.2. The molecule has 0 spiro atoms. The average Bonchev–Trinajstić information content (AvgIpc) is 2.59. The van der Waals surface area contributed by atoms with Gasteiger partial charge in [0.1, 0.15) is 6.10 Å². The molecule has 0 fully saturated rings. The van der Waals surface area contributed by atoms with Gasteiger partial charge in [-0.25, -0.2) is 0 Å². The molecule has 0 amide bonds. The van der Waals surface area contributed by atoms with E-state index in [1.54, 1.807) is 24.1 Å². The van der Waals surface area contributed by atoms with Crippen molar-refractivity contribution >= 4 is 15.9 Å². The van der Waals surface area contributed by atoms with E-state index in [0.29, 0.717) is 11.4 Å². The molecule has 1 atom stereocenters. The van der Waals surface area contributed by atoms with Crippen LogP contribution in [0.2, 0.25) is 0 Å². The molecule has 84 valence electrons. The largest absolute Gasteiger partial charge is 0.380 e. The van der Waals surface area contributed by atoms with Gasteiger partial charge in [-0.1, -0.05) is 6.07 Å². The minimum Gasteiger partial charge on any atom is -0.380 e. The lowest BCUT2D eigenvalue weighted by atomic mass is 10.1. The van der Waals surface area contributed by atoms with Gasteiger partial charge in [-0.05, 0) is 34.5 Å². The highest BCUT2D eigenvalue weighted by Crippen LogP contribution is 2.26. The van der Waals surface area contributed by atoms with E-state index < -0.39 is 6.10 Å². The normalized spacial score (nSPS) is 12.8. The zero-order valence-electron chi connectivity index (χ0n) is 9.05. The van der Waals surface area contributed by atoms with E-state index in [4.69, 9.17) is 0 Å². The molecule has 0 aliphatic heterocycles. The lowest BCUT2D eigenvalue weighted by Crippen LogP contribution is -2.08. The summed E-state index contributed by atoms with van der Waals surface area (Å²) in [7, 11) is 1.79. The highest BCUT2D eigenvalue weighted by atomic mass is 79.9. The molecule has 0 saturated carbocycles. The van der Waals surface area contributed by atoms with Crippen molar-refractivity contribution in [2.75, 3.05) is 0 Å². The van der Waals surface area contributed by atoms with Gasteiger partial charge < -0.3 is 5.11 Å². The van der Waals surface area contributed by atoms with Crippen molar-refractivity contribution in [2.45, 2.75) is 13.0 Å². The van der Waals surface area contributed by atoms with Gasteiger partial charge in [0, 0.05) is 13.2 Å². The molecule has 2 aromatic rings. The summed E-state index contributed by atoms with van der Waals surface area (Å²) >= 11 is 3.36. The number of aliphatic hydroxyl groups is 1. The van der Waals surface area contributed by atoms with Gasteiger partial charge in [-0.15, -0.1) is 0 Å². The van der Waals surface area contributed by atoms with Crippen LogP contribution in [0.25, 0.3) is 0 Å². The molecule has 1 unspecified atom stereocenters. The third kappa shape index (κ3) is 2.01. The number of aliphatic hydroxyl groups excluding tert-OH is 1. The van der Waals surface area contributed by atoms with E-state index in [0.717, 1.165) is 10.0 Å². The Hall–Kier alpha value is -1.20. The van der Waals surface area contributed by atoms with Crippen molar-refractivity contribution < 1.29 is 5.11 Å². The van der Waals surface area contributed by atoms with Gasteiger partial charge in [0.15, 0.2) is 0 Å². The second kappa shape index (κ2) is 4.35. The smallest absolute Gasteiger partial charge is 0.139 e. The lowest BCUT2D eigenvalue weighted by Gasteiger charge is -2.11. The topological polar surface area (TPSA) is 50.9 Å². The number of aryl methyl sites for hydroxylation is 2. The molecule has 2 rings (SSSR count). The van der Waals surface area contributed by atoms with Gasteiger partial charge in [0.25, 0.3) is 0 Å². The van der Waals surface area contributed by atoms with Crippen molar-refractivity contribution in [3.05, 3.63) is 46.0 Å². The minimum atomic E-state index is -0.762. The lowest BCUT2D eigenvalue weighted by molar-refractivity contribution is 0.204. The Morgan fingerprint density at radius 3 is 2.62 bits per heavy atom. The van der Waals surface area contributed by atoms with Crippen LogP contribution in [0.4, 0.5) is 0 Å². The summed E-state index contributed by atoms with van der Waals surface area (Å²) in [6.45, 7) is 1.96. The summed E-state index contributed by atoms with van der Waals surface area (Å²) in [5.41, 5.74) is 2.39. The van der Waals surface area contributed by atoms with Crippen molar-refractivity contribution in [3.63, 3.8) is 0 Å². The fourth-order valence-corrected chi connectivity index (χ4v) is 2.07. The molecule has 0 aromatic carbocycles. The molecule has 4 nitrogen and oxygen atoms in total. The van der Waals surface area contributed by atoms with Gasteiger partial charge in [-0.2, -0.15) is 5.10 Å². The van der Waals surface area contributed by atoms with Crippen LogP contribution in [0.15, 0.2) is 29.0 Å². The third-order valence-corrected chi connectivity index (χ3v) is 3.02. The van der Waals surface area contributed by atoms with Gasteiger partial charge >= 0.3 is 0 Å². The number of rotatable bonds is 2. The van der Waals surface area contributed by atoms with Crippen LogP contribution in [0.1, 0.15) is 23.1 Å².